The van der Waals surface area contributed by atoms with Crippen LogP contribution in [0.2, 0.25) is 0 Å². The lowest BCUT2D eigenvalue weighted by Gasteiger charge is -2.30. The first-order valence-corrected chi connectivity index (χ1v) is 21.0. The van der Waals surface area contributed by atoms with Crippen molar-refractivity contribution in [2.75, 3.05) is 28.2 Å². The van der Waals surface area contributed by atoms with Crippen LogP contribution in [0.5, 0.6) is 0 Å². The minimum Gasteiger partial charge on any atom is -0.277 e. The van der Waals surface area contributed by atoms with Crippen LogP contribution in [-0.4, -0.2) is 95.0 Å². The molecule has 4 aromatic carbocycles. The maximum atomic E-state index is 14.0. The van der Waals surface area contributed by atoms with Crippen molar-refractivity contribution < 1.29 is 38.4 Å². The molecule has 2 aliphatic carbocycles. The van der Waals surface area contributed by atoms with Gasteiger partial charge in [0.25, 0.3) is 47.3 Å². The second-order valence-corrected chi connectivity index (χ2v) is 18.3. The summed E-state index contributed by atoms with van der Waals surface area (Å²) in [6.45, 7) is 0. The van der Waals surface area contributed by atoms with Gasteiger partial charge in [0.1, 0.15) is 0 Å². The second kappa shape index (κ2) is 11.4. The number of carbonyl (C=O) groups excluding carboxylic acids is 8. The van der Waals surface area contributed by atoms with Gasteiger partial charge in [-0.25, -0.2) is 0 Å². The summed E-state index contributed by atoms with van der Waals surface area (Å²) in [7, 11) is 5.73. The third kappa shape index (κ3) is 4.09. The molecule has 292 valence electrons. The van der Waals surface area contributed by atoms with Gasteiger partial charge < -0.3 is 0 Å². The van der Waals surface area contributed by atoms with Crippen LogP contribution in [0.4, 0.5) is 0 Å². The number of nitrogens with zero attached hydrogens (tertiary/aromatic N) is 4. The van der Waals surface area contributed by atoms with E-state index in [0.29, 0.717) is 43.8 Å². The Kier molecular flexibility index (Phi) is 6.68. The van der Waals surface area contributed by atoms with Crippen molar-refractivity contribution in [3.63, 3.8) is 0 Å². The van der Waals surface area contributed by atoms with Crippen LogP contribution in [0.1, 0.15) is 117 Å². The first-order valence-electron chi connectivity index (χ1n) is 19.3. The first-order chi connectivity index (χ1) is 28.8. The summed E-state index contributed by atoms with van der Waals surface area (Å²) >= 11 is 3.11. The Hall–Kier alpha value is -6.90. The van der Waals surface area contributed by atoms with Gasteiger partial charge >= 0.3 is 0 Å². The van der Waals surface area contributed by atoms with Crippen molar-refractivity contribution in [3.8, 4) is 20.9 Å². The number of amides is 8. The molecular weight excluding hydrogens is 801 g/mol. The van der Waals surface area contributed by atoms with E-state index in [4.69, 9.17) is 0 Å². The van der Waals surface area contributed by atoms with Crippen LogP contribution in [-0.2, 0) is 12.8 Å². The molecular formula is C46H28N4O8S2. The summed E-state index contributed by atoms with van der Waals surface area (Å²) in [4.78, 5) is 117. The minimum absolute atomic E-state index is 0.268. The highest BCUT2D eigenvalue weighted by Gasteiger charge is 2.42. The highest BCUT2D eigenvalue weighted by Crippen LogP contribution is 2.53. The molecule has 6 aliphatic rings. The number of hydrogen-bond acceptors (Lipinski definition) is 10. The number of carbonyl (C=O) groups is 8. The number of hydrogen-bond donors (Lipinski definition) is 0. The summed E-state index contributed by atoms with van der Waals surface area (Å²) in [5.41, 5.74) is 7.75. The van der Waals surface area contributed by atoms with E-state index in [2.05, 4.69) is 12.1 Å². The molecule has 60 heavy (non-hydrogen) atoms. The molecule has 0 unspecified atom stereocenters. The number of fused-ring (bicyclic) bond motifs is 2. The van der Waals surface area contributed by atoms with Crippen LogP contribution in [0.25, 0.3) is 53.6 Å². The number of imide groups is 4. The molecule has 0 saturated carbocycles. The number of thiophene rings is 2. The fourth-order valence-corrected chi connectivity index (χ4v) is 12.6. The average molecular weight is 829 g/mol. The van der Waals surface area contributed by atoms with Gasteiger partial charge in [0.15, 0.2) is 0 Å². The fourth-order valence-electron chi connectivity index (χ4n) is 10.2. The van der Waals surface area contributed by atoms with Crippen LogP contribution in [0, 0.1) is 0 Å². The van der Waals surface area contributed by atoms with Gasteiger partial charge in [-0.15, -0.1) is 22.7 Å². The van der Waals surface area contributed by atoms with Crippen molar-refractivity contribution in [2.24, 2.45) is 0 Å². The molecule has 12 nitrogen and oxygen atoms in total. The maximum Gasteiger partial charge on any atom is 0.261 e. The molecule has 4 aliphatic heterocycles. The van der Waals surface area contributed by atoms with E-state index in [1.165, 1.54) is 39.3 Å². The molecule has 0 atom stereocenters. The lowest BCUT2D eigenvalue weighted by Crippen LogP contribution is -2.40. The Morgan fingerprint density at radius 1 is 0.350 bits per heavy atom. The van der Waals surface area contributed by atoms with Crippen LogP contribution >= 0.6 is 22.7 Å². The quantitative estimate of drug-likeness (QED) is 0.167. The highest BCUT2D eigenvalue weighted by atomic mass is 32.1. The summed E-state index contributed by atoms with van der Waals surface area (Å²) in [6.07, 6.45) is 3.13. The lowest BCUT2D eigenvalue weighted by molar-refractivity contribution is 0.0630. The number of allylic oxidation sites excluding steroid dienone is 2. The van der Waals surface area contributed by atoms with E-state index in [1.54, 1.807) is 59.1 Å². The van der Waals surface area contributed by atoms with Gasteiger partial charge in [0.2, 0.25) is 0 Å². The number of rotatable bonds is 2. The third-order valence-electron chi connectivity index (χ3n) is 13.2. The standard InChI is InChI=1S/C46H28N4O8S2/c1-47-39(51)19-5-7-21-35-33(19)27(43(47)55)13-25(37(35)45(57)49(3)41(21)53)31-15-23-17(9-11-29(23)59-31)18-10-12-30-24(18)16-32(60-30)26-14-28-34-20(40(52)48(2)44(28)56)6-8-22-36(34)38(26)46(58)50(4)42(22)54/h5-8,13-16H,9-12H2,1-4H3/b18-17+. The monoisotopic (exact) mass is 828 g/mol. The highest BCUT2D eigenvalue weighted by molar-refractivity contribution is 7.16. The van der Waals surface area contributed by atoms with Crippen LogP contribution in [0.15, 0.2) is 48.5 Å². The molecule has 0 N–H and O–H groups in total. The van der Waals surface area contributed by atoms with Gasteiger partial charge in [0, 0.05) is 114 Å². The van der Waals surface area contributed by atoms with Crippen LogP contribution < -0.4 is 0 Å². The molecule has 2 aromatic heterocycles. The van der Waals surface area contributed by atoms with Crippen molar-refractivity contribution in [1.29, 1.82) is 0 Å². The normalized spacial score (nSPS) is 19.0. The molecule has 0 bridgehead atoms. The largest absolute Gasteiger partial charge is 0.277 e. The molecule has 0 spiro atoms. The van der Waals surface area contributed by atoms with Gasteiger partial charge in [0.05, 0.1) is 11.1 Å². The molecule has 12 rings (SSSR count). The van der Waals surface area contributed by atoms with Crippen molar-refractivity contribution >= 4 is 103 Å². The van der Waals surface area contributed by atoms with Gasteiger partial charge in [-0.1, -0.05) is 0 Å². The number of aryl methyl sites for hydroxylation is 2. The predicted molar refractivity (Wildman–Crippen MR) is 224 cm³/mol. The molecule has 0 fully saturated rings. The zero-order chi connectivity index (χ0) is 41.5. The van der Waals surface area contributed by atoms with E-state index in [-0.39, 0.29) is 33.4 Å². The lowest BCUT2D eigenvalue weighted by atomic mass is 9.83. The Morgan fingerprint density at radius 2 is 0.667 bits per heavy atom. The smallest absolute Gasteiger partial charge is 0.261 e. The summed E-state index contributed by atoms with van der Waals surface area (Å²) in [6, 6.07) is 13.8. The summed E-state index contributed by atoms with van der Waals surface area (Å²) in [5, 5.41) is 1.33. The Morgan fingerprint density at radius 3 is 1.03 bits per heavy atom. The summed E-state index contributed by atoms with van der Waals surface area (Å²) in [5.74, 6) is -3.96. The zero-order valence-corrected chi connectivity index (χ0v) is 34.0. The predicted octanol–water partition coefficient (Wildman–Crippen LogP) is 7.16. The molecule has 0 radical (unpaired) electrons. The molecule has 6 aromatic rings. The van der Waals surface area contributed by atoms with Crippen LogP contribution in [0.3, 0.4) is 0 Å². The van der Waals surface area contributed by atoms with E-state index in [9.17, 15) is 38.4 Å². The molecule has 6 heterocycles. The van der Waals surface area contributed by atoms with E-state index in [1.807, 2.05) is 0 Å². The molecule has 14 heteroatoms. The van der Waals surface area contributed by atoms with Gasteiger partial charge in [-0.2, -0.15) is 0 Å². The Bertz CT molecular complexity index is 3130. The molecule has 0 saturated heterocycles. The van der Waals surface area contributed by atoms with Gasteiger partial charge in [-0.05, 0) is 96.5 Å². The van der Waals surface area contributed by atoms with E-state index < -0.39 is 47.3 Å². The maximum absolute atomic E-state index is 14.0. The molecule has 8 amide bonds. The zero-order valence-electron chi connectivity index (χ0n) is 32.3. The first kappa shape index (κ1) is 35.1. The number of benzene rings is 4. The minimum atomic E-state index is -0.499. The topological polar surface area (TPSA) is 150 Å². The fraction of sp³-hybridized carbons (Fsp3) is 0.174. The van der Waals surface area contributed by atoms with Crippen molar-refractivity contribution in [2.45, 2.75) is 25.7 Å². The van der Waals surface area contributed by atoms with E-state index >= 15 is 0 Å². The average Bonchev–Trinajstić information content (AvgIpc) is 4.05. The Balaban J connectivity index is 1.02. The SMILES string of the molecule is CN1C(=O)c2ccc3c4c(c(-c5cc6c(s5)CC/C6=C5/CCc6sc(-c7cc8c9c(ccc%10c9c7C(=O)N(C)C%10=O)C(=O)N(C)C8=O)cc65)cc(c24)C1=O)C(=O)N(C)C3=O. The van der Waals surface area contributed by atoms with E-state index in [0.717, 1.165) is 75.9 Å². The second-order valence-electron chi connectivity index (χ2n) is 16.0. The van der Waals surface area contributed by atoms with Gasteiger partial charge in [-0.3, -0.25) is 58.0 Å². The Labute approximate surface area is 347 Å². The third-order valence-corrected chi connectivity index (χ3v) is 15.6. The summed E-state index contributed by atoms with van der Waals surface area (Å²) < 4.78 is 0. The van der Waals surface area contributed by atoms with Crippen molar-refractivity contribution in [1.82, 2.24) is 19.6 Å². The van der Waals surface area contributed by atoms with Crippen molar-refractivity contribution in [3.05, 3.63) is 114 Å².